The molecular formula is C37H36Cl2F3N3O4S. The van der Waals surface area contributed by atoms with Crippen molar-refractivity contribution in [1.82, 2.24) is 10.2 Å². The molecule has 7 nitrogen and oxygen atoms in total. The Morgan fingerprint density at radius 2 is 1.50 bits per heavy atom. The van der Waals surface area contributed by atoms with Crippen LogP contribution in [0.1, 0.15) is 48.8 Å². The lowest BCUT2D eigenvalue weighted by Gasteiger charge is -2.35. The van der Waals surface area contributed by atoms with Gasteiger partial charge in [-0.15, -0.1) is 0 Å². The molecule has 0 spiro atoms. The standard InChI is InChI=1S/C37H36Cl2F3N3O4S/c38-29-20-19-27(33(39)23-29)24-44(34(21-26-11-4-1-5-12-26)36(47)43-30-14-6-2-7-15-30)35(46)25-45(50(48,49)32-17-8-3-9-18-32)31-16-10-13-28(22-31)37(40,41)42/h1,3-5,8-13,16-20,22-23,30,34H,2,6-7,14-15,21,24-25H2,(H,43,47)/t34-/m1/s1. The van der Waals surface area contributed by atoms with Gasteiger partial charge in [0.1, 0.15) is 12.6 Å². The molecule has 4 aromatic carbocycles. The molecule has 0 unspecified atom stereocenters. The minimum atomic E-state index is -4.78. The zero-order chi connectivity index (χ0) is 35.9. The van der Waals surface area contributed by atoms with Crippen molar-refractivity contribution in [1.29, 1.82) is 0 Å². The van der Waals surface area contributed by atoms with Gasteiger partial charge in [0.05, 0.1) is 16.1 Å². The van der Waals surface area contributed by atoms with E-state index in [4.69, 9.17) is 23.2 Å². The Bertz CT molecular complexity index is 1890. The molecule has 0 saturated heterocycles. The maximum Gasteiger partial charge on any atom is 0.416 e. The van der Waals surface area contributed by atoms with Gasteiger partial charge < -0.3 is 10.2 Å². The topological polar surface area (TPSA) is 86.8 Å². The molecule has 2 amide bonds. The SMILES string of the molecule is O=C(NC1CCCCC1)[C@@H](Cc1ccccc1)N(Cc1ccc(Cl)cc1Cl)C(=O)CN(c1cccc(C(F)(F)F)c1)S(=O)(=O)c1ccccc1. The minimum Gasteiger partial charge on any atom is -0.352 e. The molecule has 1 atom stereocenters. The minimum absolute atomic E-state index is 0.0747. The molecule has 5 rings (SSSR count). The second kappa shape index (κ2) is 16.3. The maximum atomic E-state index is 14.6. The van der Waals surface area contributed by atoms with E-state index in [1.807, 2.05) is 18.2 Å². The van der Waals surface area contributed by atoms with Crippen molar-refractivity contribution < 1.29 is 31.2 Å². The van der Waals surface area contributed by atoms with Crippen LogP contribution in [0.15, 0.2) is 108 Å². The quantitative estimate of drug-likeness (QED) is 0.158. The summed E-state index contributed by atoms with van der Waals surface area (Å²) in [5, 5.41) is 3.67. The molecule has 0 heterocycles. The van der Waals surface area contributed by atoms with Crippen molar-refractivity contribution in [2.24, 2.45) is 0 Å². The van der Waals surface area contributed by atoms with E-state index in [-0.39, 0.29) is 34.6 Å². The molecule has 4 aromatic rings. The first-order valence-electron chi connectivity index (χ1n) is 16.2. The van der Waals surface area contributed by atoms with Gasteiger partial charge in [-0.05, 0) is 66.4 Å². The highest BCUT2D eigenvalue weighted by molar-refractivity contribution is 7.92. The van der Waals surface area contributed by atoms with Crippen LogP contribution in [0.2, 0.25) is 10.0 Å². The van der Waals surface area contributed by atoms with Crippen LogP contribution < -0.4 is 9.62 Å². The molecule has 0 radical (unpaired) electrons. The Morgan fingerprint density at radius 3 is 2.14 bits per heavy atom. The molecule has 0 bridgehead atoms. The van der Waals surface area contributed by atoms with Gasteiger partial charge in [-0.2, -0.15) is 13.2 Å². The summed E-state index contributed by atoms with van der Waals surface area (Å²) in [5.74, 6) is -1.26. The van der Waals surface area contributed by atoms with Gasteiger partial charge >= 0.3 is 6.18 Å². The summed E-state index contributed by atoms with van der Waals surface area (Å²) in [6, 6.07) is 23.4. The smallest absolute Gasteiger partial charge is 0.352 e. The Morgan fingerprint density at radius 1 is 0.840 bits per heavy atom. The van der Waals surface area contributed by atoms with Gasteiger partial charge in [-0.1, -0.05) is 103 Å². The Hall–Kier alpha value is -4.06. The molecule has 0 aromatic heterocycles. The summed E-state index contributed by atoms with van der Waals surface area (Å²) in [4.78, 5) is 29.9. The Balaban J connectivity index is 1.60. The number of hydrogen-bond donors (Lipinski definition) is 1. The molecule has 264 valence electrons. The zero-order valence-corrected chi connectivity index (χ0v) is 29.3. The summed E-state index contributed by atoms with van der Waals surface area (Å²) in [6.07, 6.45) is -0.205. The van der Waals surface area contributed by atoms with E-state index in [1.54, 1.807) is 30.3 Å². The largest absolute Gasteiger partial charge is 0.416 e. The first kappa shape index (κ1) is 37.2. The number of amides is 2. The average molecular weight is 747 g/mol. The van der Waals surface area contributed by atoms with Crippen LogP contribution in [0.4, 0.5) is 18.9 Å². The van der Waals surface area contributed by atoms with Crippen molar-refractivity contribution in [2.45, 2.75) is 68.2 Å². The van der Waals surface area contributed by atoms with Crippen LogP contribution in [0.3, 0.4) is 0 Å². The Kier molecular flexibility index (Phi) is 12.1. The third kappa shape index (κ3) is 9.38. The molecule has 0 aliphatic heterocycles. The molecule has 1 aliphatic rings. The van der Waals surface area contributed by atoms with Crippen LogP contribution in [-0.4, -0.2) is 43.8 Å². The van der Waals surface area contributed by atoms with E-state index >= 15 is 0 Å². The number of benzene rings is 4. The van der Waals surface area contributed by atoms with Crippen LogP contribution in [0.5, 0.6) is 0 Å². The monoisotopic (exact) mass is 745 g/mol. The fourth-order valence-corrected chi connectivity index (χ4v) is 7.91. The second-order valence-electron chi connectivity index (χ2n) is 12.2. The highest BCUT2D eigenvalue weighted by Gasteiger charge is 2.37. The lowest BCUT2D eigenvalue weighted by Crippen LogP contribution is -2.55. The normalized spacial score (nSPS) is 14.5. The number of nitrogens with one attached hydrogen (secondary N) is 1. The van der Waals surface area contributed by atoms with Crippen LogP contribution in [-0.2, 0) is 38.8 Å². The van der Waals surface area contributed by atoms with Crippen LogP contribution in [0.25, 0.3) is 0 Å². The molecule has 50 heavy (non-hydrogen) atoms. The van der Waals surface area contributed by atoms with E-state index in [1.165, 1.54) is 41.3 Å². The van der Waals surface area contributed by atoms with E-state index in [0.29, 0.717) is 21.0 Å². The summed E-state index contributed by atoms with van der Waals surface area (Å²) in [5.41, 5.74) is -0.283. The predicted octanol–water partition coefficient (Wildman–Crippen LogP) is 8.30. The van der Waals surface area contributed by atoms with E-state index in [0.717, 1.165) is 49.8 Å². The third-order valence-corrected chi connectivity index (χ3v) is 11.0. The van der Waals surface area contributed by atoms with Crippen molar-refractivity contribution in [3.63, 3.8) is 0 Å². The first-order valence-corrected chi connectivity index (χ1v) is 18.4. The van der Waals surface area contributed by atoms with Crippen molar-refractivity contribution in [3.8, 4) is 0 Å². The van der Waals surface area contributed by atoms with Gasteiger partial charge in [0.2, 0.25) is 11.8 Å². The number of nitrogens with zero attached hydrogens (tertiary/aromatic N) is 2. The molecular weight excluding hydrogens is 710 g/mol. The van der Waals surface area contributed by atoms with Crippen molar-refractivity contribution >= 4 is 50.7 Å². The van der Waals surface area contributed by atoms with E-state index < -0.39 is 46.2 Å². The maximum absolute atomic E-state index is 14.6. The fraction of sp³-hybridized carbons (Fsp3) is 0.297. The number of hydrogen-bond acceptors (Lipinski definition) is 4. The molecule has 1 aliphatic carbocycles. The summed E-state index contributed by atoms with van der Waals surface area (Å²) < 4.78 is 70.4. The number of carbonyl (C=O) groups excluding carboxylic acids is 2. The summed E-state index contributed by atoms with van der Waals surface area (Å²) in [6.45, 7) is -1.13. The van der Waals surface area contributed by atoms with Crippen molar-refractivity contribution in [3.05, 3.63) is 130 Å². The highest BCUT2D eigenvalue weighted by atomic mass is 35.5. The molecule has 1 fully saturated rings. The zero-order valence-electron chi connectivity index (χ0n) is 27.0. The summed E-state index contributed by atoms with van der Waals surface area (Å²) in [7, 11) is -4.58. The first-order chi connectivity index (χ1) is 23.8. The lowest BCUT2D eigenvalue weighted by molar-refractivity contribution is -0.140. The fourth-order valence-electron chi connectivity index (χ4n) is 6.02. The second-order valence-corrected chi connectivity index (χ2v) is 14.9. The van der Waals surface area contributed by atoms with E-state index in [9.17, 15) is 31.2 Å². The Labute approximate surface area is 300 Å². The predicted molar refractivity (Wildman–Crippen MR) is 188 cm³/mol. The third-order valence-electron chi connectivity index (χ3n) is 8.65. The highest BCUT2D eigenvalue weighted by Crippen LogP contribution is 2.34. The van der Waals surface area contributed by atoms with Gasteiger partial charge in [0.25, 0.3) is 10.0 Å². The van der Waals surface area contributed by atoms with Crippen LogP contribution >= 0.6 is 23.2 Å². The average Bonchev–Trinajstić information content (AvgIpc) is 3.10. The number of halogens is 5. The van der Waals surface area contributed by atoms with Crippen LogP contribution in [0, 0.1) is 0 Å². The summed E-state index contributed by atoms with van der Waals surface area (Å²) >= 11 is 12.7. The number of sulfonamides is 1. The van der Waals surface area contributed by atoms with Crippen molar-refractivity contribution in [2.75, 3.05) is 10.8 Å². The molecule has 1 saturated carbocycles. The molecule has 13 heteroatoms. The van der Waals surface area contributed by atoms with Gasteiger partial charge in [0.15, 0.2) is 0 Å². The van der Waals surface area contributed by atoms with E-state index in [2.05, 4.69) is 5.32 Å². The lowest BCUT2D eigenvalue weighted by atomic mass is 9.94. The number of carbonyl (C=O) groups is 2. The van der Waals surface area contributed by atoms with Gasteiger partial charge in [-0.25, -0.2) is 8.42 Å². The van der Waals surface area contributed by atoms with Gasteiger partial charge in [0, 0.05) is 29.1 Å². The number of anilines is 1. The van der Waals surface area contributed by atoms with Gasteiger partial charge in [-0.3, -0.25) is 13.9 Å². The number of rotatable bonds is 12. The number of alkyl halides is 3. The molecule has 1 N–H and O–H groups in total.